The van der Waals surface area contributed by atoms with Crippen LogP contribution in [0.4, 0.5) is 0 Å². The van der Waals surface area contributed by atoms with E-state index in [1.54, 1.807) is 0 Å². The Morgan fingerprint density at radius 1 is 0.298 bits per heavy atom. The topological polar surface area (TPSA) is 25.8 Å². The molecular weight excluding hydrogens is 689 g/mol. The van der Waals surface area contributed by atoms with Crippen molar-refractivity contribution < 1.29 is 0 Å². The number of hydrogen-bond acceptors (Lipinski definition) is 2. The van der Waals surface area contributed by atoms with Crippen molar-refractivity contribution in [2.75, 3.05) is 0 Å². The summed E-state index contributed by atoms with van der Waals surface area (Å²) in [5.74, 6) is 0.709. The zero-order valence-electron chi connectivity index (χ0n) is 31.2. The van der Waals surface area contributed by atoms with Crippen molar-refractivity contribution in [2.24, 2.45) is 0 Å². The summed E-state index contributed by atoms with van der Waals surface area (Å²) in [7, 11) is 0. The van der Waals surface area contributed by atoms with Gasteiger partial charge in [0.1, 0.15) is 0 Å². The van der Waals surface area contributed by atoms with Gasteiger partial charge in [0.05, 0.1) is 16.8 Å². The van der Waals surface area contributed by atoms with Crippen LogP contribution in [-0.2, 0) is 5.41 Å². The number of nitrogens with zero attached hydrogens (tertiary/aromatic N) is 2. The van der Waals surface area contributed by atoms with Gasteiger partial charge in [-0.25, -0.2) is 9.97 Å². The van der Waals surface area contributed by atoms with E-state index in [0.717, 1.165) is 33.5 Å². The molecule has 266 valence electrons. The van der Waals surface area contributed by atoms with Crippen molar-refractivity contribution in [3.63, 3.8) is 0 Å². The first-order valence-corrected chi connectivity index (χ1v) is 19.6. The maximum atomic E-state index is 5.34. The SMILES string of the molecule is c1ccc(-c2cc(-c3cccc4ccccc34)nc(-c3ccc(-c4ccc5c(c4)-c4ccccc4C5(c4ccccc4)c4ccccc4)c4ccccc34)n2)cc1. The van der Waals surface area contributed by atoms with Gasteiger partial charge in [-0.15, -0.1) is 0 Å². The molecule has 1 aliphatic carbocycles. The zero-order chi connectivity index (χ0) is 37.8. The van der Waals surface area contributed by atoms with Gasteiger partial charge in [-0.2, -0.15) is 0 Å². The Kier molecular flexibility index (Phi) is 7.75. The third-order valence-electron chi connectivity index (χ3n) is 11.8. The van der Waals surface area contributed by atoms with Gasteiger partial charge in [-0.1, -0.05) is 200 Å². The van der Waals surface area contributed by atoms with Gasteiger partial charge in [-0.05, 0) is 84.3 Å². The van der Waals surface area contributed by atoms with Crippen molar-refractivity contribution >= 4 is 21.5 Å². The van der Waals surface area contributed by atoms with Gasteiger partial charge in [0.25, 0.3) is 0 Å². The van der Waals surface area contributed by atoms with Crippen LogP contribution in [0.1, 0.15) is 22.3 Å². The molecule has 9 aromatic carbocycles. The van der Waals surface area contributed by atoms with Gasteiger partial charge < -0.3 is 0 Å². The number of hydrogen-bond donors (Lipinski definition) is 0. The summed E-state index contributed by atoms with van der Waals surface area (Å²) >= 11 is 0. The summed E-state index contributed by atoms with van der Waals surface area (Å²) in [6.45, 7) is 0. The minimum atomic E-state index is -0.429. The molecule has 1 aromatic heterocycles. The van der Waals surface area contributed by atoms with Crippen LogP contribution in [-0.4, -0.2) is 9.97 Å². The predicted molar refractivity (Wildman–Crippen MR) is 236 cm³/mol. The lowest BCUT2D eigenvalue weighted by Gasteiger charge is -2.33. The molecule has 11 rings (SSSR count). The van der Waals surface area contributed by atoms with E-state index in [0.29, 0.717) is 5.82 Å². The average molecular weight is 725 g/mol. The van der Waals surface area contributed by atoms with Crippen molar-refractivity contribution in [1.29, 1.82) is 0 Å². The molecule has 0 fully saturated rings. The molecule has 0 atom stereocenters. The molecule has 1 heterocycles. The molecule has 10 aromatic rings. The van der Waals surface area contributed by atoms with Crippen molar-refractivity contribution in [3.8, 4) is 56.2 Å². The molecule has 0 unspecified atom stereocenters. The van der Waals surface area contributed by atoms with Gasteiger partial charge in [0.15, 0.2) is 5.82 Å². The summed E-state index contributed by atoms with van der Waals surface area (Å²) in [6.07, 6.45) is 0. The second-order valence-corrected chi connectivity index (χ2v) is 14.8. The summed E-state index contributed by atoms with van der Waals surface area (Å²) in [5, 5.41) is 4.64. The molecule has 0 radical (unpaired) electrons. The molecule has 0 aliphatic heterocycles. The van der Waals surface area contributed by atoms with Crippen molar-refractivity contribution in [2.45, 2.75) is 5.41 Å². The molecule has 57 heavy (non-hydrogen) atoms. The fraction of sp³-hybridized carbons (Fsp3) is 0.0182. The molecule has 0 amide bonds. The molecule has 2 nitrogen and oxygen atoms in total. The molecule has 0 saturated heterocycles. The Balaban J connectivity index is 1.10. The third-order valence-corrected chi connectivity index (χ3v) is 11.8. The van der Waals surface area contributed by atoms with E-state index in [4.69, 9.17) is 9.97 Å². The Morgan fingerprint density at radius 3 is 1.60 bits per heavy atom. The molecular formula is C55H36N2. The van der Waals surface area contributed by atoms with Gasteiger partial charge in [0, 0.05) is 16.7 Å². The van der Waals surface area contributed by atoms with Crippen LogP contribution in [0, 0.1) is 0 Å². The molecule has 0 saturated carbocycles. The lowest BCUT2D eigenvalue weighted by molar-refractivity contribution is 0.768. The lowest BCUT2D eigenvalue weighted by atomic mass is 9.67. The van der Waals surface area contributed by atoms with Crippen LogP contribution in [0.5, 0.6) is 0 Å². The Hall–Kier alpha value is -7.42. The van der Waals surface area contributed by atoms with Crippen LogP contribution < -0.4 is 0 Å². The first kappa shape index (κ1) is 33.0. The summed E-state index contributed by atoms with van der Waals surface area (Å²) in [5.41, 5.74) is 14.6. The predicted octanol–water partition coefficient (Wildman–Crippen LogP) is 13.8. The summed E-state index contributed by atoms with van der Waals surface area (Å²) in [6, 6.07) is 78.7. The third kappa shape index (κ3) is 5.26. The fourth-order valence-electron chi connectivity index (χ4n) is 9.27. The maximum absolute atomic E-state index is 5.34. The minimum absolute atomic E-state index is 0.429. The van der Waals surface area contributed by atoms with E-state index in [2.05, 4.69) is 212 Å². The number of benzene rings is 9. The number of rotatable bonds is 6. The number of fused-ring (bicyclic) bond motifs is 5. The quantitative estimate of drug-likeness (QED) is 0.171. The van der Waals surface area contributed by atoms with E-state index in [-0.39, 0.29) is 0 Å². The smallest absolute Gasteiger partial charge is 0.161 e. The first-order chi connectivity index (χ1) is 28.3. The van der Waals surface area contributed by atoms with Crippen molar-refractivity contribution in [1.82, 2.24) is 9.97 Å². The lowest BCUT2D eigenvalue weighted by Crippen LogP contribution is -2.28. The molecule has 2 heteroatoms. The maximum Gasteiger partial charge on any atom is 0.161 e. The highest BCUT2D eigenvalue weighted by atomic mass is 14.9. The van der Waals surface area contributed by atoms with Crippen molar-refractivity contribution in [3.05, 3.63) is 241 Å². The second kappa shape index (κ2) is 13.4. The monoisotopic (exact) mass is 724 g/mol. The van der Waals surface area contributed by atoms with E-state index in [9.17, 15) is 0 Å². The van der Waals surface area contributed by atoms with E-state index < -0.39 is 5.41 Å². The minimum Gasteiger partial charge on any atom is -0.228 e. The zero-order valence-corrected chi connectivity index (χ0v) is 31.2. The van der Waals surface area contributed by atoms with Crippen LogP contribution >= 0.6 is 0 Å². The standard InChI is InChI=1S/C55H36N2/c1-4-18-38(19-5-1)52-36-53(47-29-16-20-37-17-10-11-25-42(37)47)57-54(56-52)48-33-32-43(44-26-12-13-27-45(44)48)39-31-34-51-49(35-39)46-28-14-15-30-50(46)55(51,40-21-6-2-7-22-40)41-23-8-3-9-24-41/h1-36H. The Bertz CT molecular complexity index is 3070. The number of aromatic nitrogens is 2. The van der Waals surface area contributed by atoms with Crippen LogP contribution in [0.25, 0.3) is 77.7 Å². The summed E-state index contributed by atoms with van der Waals surface area (Å²) < 4.78 is 0. The van der Waals surface area contributed by atoms with Crippen LogP contribution in [0.2, 0.25) is 0 Å². The largest absolute Gasteiger partial charge is 0.228 e. The first-order valence-electron chi connectivity index (χ1n) is 19.6. The van der Waals surface area contributed by atoms with Gasteiger partial charge in [0.2, 0.25) is 0 Å². The molecule has 0 N–H and O–H groups in total. The summed E-state index contributed by atoms with van der Waals surface area (Å²) in [4.78, 5) is 10.6. The van der Waals surface area contributed by atoms with E-state index in [1.165, 1.54) is 60.7 Å². The average Bonchev–Trinajstić information content (AvgIpc) is 3.59. The highest BCUT2D eigenvalue weighted by Crippen LogP contribution is 2.56. The Labute approximate surface area is 332 Å². The Morgan fingerprint density at radius 2 is 0.842 bits per heavy atom. The normalized spacial score (nSPS) is 12.7. The van der Waals surface area contributed by atoms with Gasteiger partial charge in [-0.3, -0.25) is 0 Å². The molecule has 0 spiro atoms. The van der Waals surface area contributed by atoms with E-state index in [1.807, 2.05) is 6.07 Å². The van der Waals surface area contributed by atoms with E-state index >= 15 is 0 Å². The van der Waals surface area contributed by atoms with Gasteiger partial charge >= 0.3 is 0 Å². The van der Waals surface area contributed by atoms with Crippen LogP contribution in [0.15, 0.2) is 218 Å². The highest BCUT2D eigenvalue weighted by Gasteiger charge is 2.46. The molecule has 1 aliphatic rings. The fourth-order valence-corrected chi connectivity index (χ4v) is 9.27. The highest BCUT2D eigenvalue weighted by molar-refractivity contribution is 6.05. The molecule has 0 bridgehead atoms. The van der Waals surface area contributed by atoms with Crippen LogP contribution in [0.3, 0.4) is 0 Å². The second-order valence-electron chi connectivity index (χ2n) is 14.8.